The molecule has 1 unspecified atom stereocenters. The molecule has 0 saturated carbocycles. The average Bonchev–Trinajstić information content (AvgIpc) is 2.61. The molecular weight excluding hydrogens is 308 g/mol. The molecule has 0 saturated heterocycles. The Kier molecular flexibility index (Phi) is 5.92. The number of carbonyl (C=O) groups is 2. The maximum atomic E-state index is 11.8. The van der Waals surface area contributed by atoms with Gasteiger partial charge >= 0.3 is 12.1 Å². The monoisotopic (exact) mass is 324 g/mol. The van der Waals surface area contributed by atoms with Crippen LogP contribution in [-0.2, 0) is 22.6 Å². The number of benzene rings is 2. The fourth-order valence-corrected chi connectivity index (χ4v) is 2.06. The molecule has 2 aromatic carbocycles. The van der Waals surface area contributed by atoms with E-state index in [-0.39, 0.29) is 13.0 Å². The lowest BCUT2D eigenvalue weighted by molar-refractivity contribution is -0.139. The Morgan fingerprint density at radius 3 is 2.33 bits per heavy atom. The summed E-state index contributed by atoms with van der Waals surface area (Å²) >= 11 is 0. The van der Waals surface area contributed by atoms with Crippen LogP contribution in [0, 0.1) is 11.3 Å². The number of ether oxygens (including phenoxy) is 1. The van der Waals surface area contributed by atoms with Crippen LogP contribution < -0.4 is 5.32 Å². The highest BCUT2D eigenvalue weighted by atomic mass is 16.5. The zero-order chi connectivity index (χ0) is 17.4. The molecule has 0 radical (unpaired) electrons. The van der Waals surface area contributed by atoms with Crippen molar-refractivity contribution in [2.24, 2.45) is 0 Å². The van der Waals surface area contributed by atoms with Gasteiger partial charge in [-0.15, -0.1) is 0 Å². The number of nitriles is 1. The van der Waals surface area contributed by atoms with Gasteiger partial charge in [0, 0.05) is 6.42 Å². The highest BCUT2D eigenvalue weighted by Crippen LogP contribution is 2.07. The summed E-state index contributed by atoms with van der Waals surface area (Å²) in [4.78, 5) is 23.1. The van der Waals surface area contributed by atoms with Crippen molar-refractivity contribution >= 4 is 12.1 Å². The number of rotatable bonds is 6. The molecule has 122 valence electrons. The lowest BCUT2D eigenvalue weighted by Gasteiger charge is -2.14. The molecule has 0 aromatic heterocycles. The number of amides is 1. The minimum Gasteiger partial charge on any atom is -0.480 e. The van der Waals surface area contributed by atoms with Crippen molar-refractivity contribution in [3.05, 3.63) is 71.3 Å². The van der Waals surface area contributed by atoms with E-state index in [4.69, 9.17) is 10.00 Å². The molecule has 0 aliphatic heterocycles. The molecule has 2 aromatic rings. The van der Waals surface area contributed by atoms with Crippen LogP contribution in [0.5, 0.6) is 0 Å². The molecule has 24 heavy (non-hydrogen) atoms. The van der Waals surface area contributed by atoms with E-state index in [0.29, 0.717) is 11.1 Å². The third-order valence-electron chi connectivity index (χ3n) is 3.33. The van der Waals surface area contributed by atoms with E-state index in [9.17, 15) is 14.7 Å². The molecule has 1 atom stereocenters. The molecule has 0 bridgehead atoms. The number of alkyl carbamates (subject to hydrolysis) is 1. The van der Waals surface area contributed by atoms with E-state index < -0.39 is 18.1 Å². The summed E-state index contributed by atoms with van der Waals surface area (Å²) < 4.78 is 5.03. The number of nitrogens with one attached hydrogen (secondary N) is 1. The third-order valence-corrected chi connectivity index (χ3v) is 3.33. The predicted octanol–water partition coefficient (Wildman–Crippen LogP) is 2.48. The van der Waals surface area contributed by atoms with E-state index >= 15 is 0 Å². The quantitative estimate of drug-likeness (QED) is 0.850. The maximum Gasteiger partial charge on any atom is 0.408 e. The minimum atomic E-state index is -1.16. The van der Waals surface area contributed by atoms with E-state index in [1.54, 1.807) is 36.4 Å². The minimum absolute atomic E-state index is 0.0654. The number of carbonyl (C=O) groups excluding carboxylic acids is 1. The molecule has 0 aliphatic rings. The molecule has 0 aliphatic carbocycles. The van der Waals surface area contributed by atoms with Gasteiger partial charge < -0.3 is 15.2 Å². The number of nitrogens with zero attached hydrogens (tertiary/aromatic N) is 1. The first kappa shape index (κ1) is 17.0. The molecular formula is C18H16N2O4. The average molecular weight is 324 g/mol. The number of hydrogen-bond acceptors (Lipinski definition) is 4. The second-order valence-corrected chi connectivity index (χ2v) is 5.11. The third kappa shape index (κ3) is 5.14. The Hall–Kier alpha value is -3.33. The normalized spacial score (nSPS) is 11.1. The summed E-state index contributed by atoms with van der Waals surface area (Å²) in [6.07, 6.45) is -0.693. The summed E-state index contributed by atoms with van der Waals surface area (Å²) in [5, 5.41) is 20.3. The highest BCUT2D eigenvalue weighted by Gasteiger charge is 2.21. The zero-order valence-electron chi connectivity index (χ0n) is 12.8. The smallest absolute Gasteiger partial charge is 0.408 e. The number of hydrogen-bond donors (Lipinski definition) is 2. The number of aliphatic carboxylic acids is 1. The summed E-state index contributed by atoms with van der Waals surface area (Å²) in [6.45, 7) is 0.0654. The first-order valence-corrected chi connectivity index (χ1v) is 7.27. The number of carboxylic acid groups (broad SMARTS) is 1. The Labute approximate surface area is 139 Å². The molecule has 0 heterocycles. The van der Waals surface area contributed by atoms with Gasteiger partial charge in [-0.2, -0.15) is 5.26 Å². The number of carboxylic acids is 1. The molecule has 6 heteroatoms. The van der Waals surface area contributed by atoms with Crippen LogP contribution in [-0.4, -0.2) is 23.2 Å². The van der Waals surface area contributed by atoms with Crippen LogP contribution in [0.3, 0.4) is 0 Å². The van der Waals surface area contributed by atoms with Gasteiger partial charge in [0.2, 0.25) is 0 Å². The van der Waals surface area contributed by atoms with E-state index in [1.165, 1.54) is 0 Å². The summed E-state index contributed by atoms with van der Waals surface area (Å²) in [5.41, 5.74) is 2.00. The first-order valence-electron chi connectivity index (χ1n) is 7.27. The van der Waals surface area contributed by atoms with Crippen LogP contribution in [0.25, 0.3) is 0 Å². The Bertz CT molecular complexity index is 736. The second-order valence-electron chi connectivity index (χ2n) is 5.11. The standard InChI is InChI=1S/C18H16N2O4/c19-11-14-8-6-13(7-9-14)10-16(17(21)22)20-18(23)24-12-15-4-2-1-3-5-15/h1-9,16H,10,12H2,(H,20,23)(H,21,22). The van der Waals surface area contributed by atoms with Crippen molar-refractivity contribution in [3.8, 4) is 6.07 Å². The molecule has 0 spiro atoms. The molecule has 0 fully saturated rings. The van der Waals surface area contributed by atoms with E-state index in [0.717, 1.165) is 5.56 Å². The highest BCUT2D eigenvalue weighted by molar-refractivity contribution is 5.80. The van der Waals surface area contributed by atoms with Gasteiger partial charge in [-0.25, -0.2) is 9.59 Å². The van der Waals surface area contributed by atoms with Gasteiger partial charge in [0.05, 0.1) is 11.6 Å². The van der Waals surface area contributed by atoms with Crippen LogP contribution in [0.4, 0.5) is 4.79 Å². The second kappa shape index (κ2) is 8.34. The molecule has 1 amide bonds. The lowest BCUT2D eigenvalue weighted by Crippen LogP contribution is -2.42. The Morgan fingerprint density at radius 1 is 1.08 bits per heavy atom. The van der Waals surface area contributed by atoms with Crippen molar-refractivity contribution in [2.75, 3.05) is 0 Å². The van der Waals surface area contributed by atoms with Gasteiger partial charge in [0.1, 0.15) is 12.6 Å². The van der Waals surface area contributed by atoms with Gasteiger partial charge in [0.15, 0.2) is 0 Å². The fourth-order valence-electron chi connectivity index (χ4n) is 2.06. The van der Waals surface area contributed by atoms with Crippen molar-refractivity contribution in [1.29, 1.82) is 5.26 Å². The fraction of sp³-hybridized carbons (Fsp3) is 0.167. The van der Waals surface area contributed by atoms with Gasteiger partial charge in [-0.05, 0) is 23.3 Å². The zero-order valence-corrected chi connectivity index (χ0v) is 12.8. The van der Waals surface area contributed by atoms with E-state index in [1.807, 2.05) is 24.3 Å². The first-order chi connectivity index (χ1) is 11.6. The van der Waals surface area contributed by atoms with Crippen LogP contribution >= 0.6 is 0 Å². The SMILES string of the molecule is N#Cc1ccc(CC(NC(=O)OCc2ccccc2)C(=O)O)cc1. The molecule has 2 rings (SSSR count). The predicted molar refractivity (Wildman–Crippen MR) is 86.0 cm³/mol. The van der Waals surface area contributed by atoms with Crippen molar-refractivity contribution in [3.63, 3.8) is 0 Å². The summed E-state index contributed by atoms with van der Waals surface area (Å²) in [7, 11) is 0. The maximum absolute atomic E-state index is 11.8. The Balaban J connectivity index is 1.91. The molecule has 6 nitrogen and oxygen atoms in total. The van der Waals surface area contributed by atoms with Crippen LogP contribution in [0.15, 0.2) is 54.6 Å². The lowest BCUT2D eigenvalue weighted by atomic mass is 10.0. The van der Waals surface area contributed by atoms with Crippen molar-refractivity contribution in [1.82, 2.24) is 5.32 Å². The van der Waals surface area contributed by atoms with Crippen LogP contribution in [0.2, 0.25) is 0 Å². The van der Waals surface area contributed by atoms with E-state index in [2.05, 4.69) is 5.32 Å². The van der Waals surface area contributed by atoms with Crippen molar-refractivity contribution < 1.29 is 19.4 Å². The van der Waals surface area contributed by atoms with Crippen LogP contribution in [0.1, 0.15) is 16.7 Å². The topological polar surface area (TPSA) is 99.4 Å². The summed E-state index contributed by atoms with van der Waals surface area (Å²) in [5.74, 6) is -1.16. The van der Waals surface area contributed by atoms with Crippen molar-refractivity contribution in [2.45, 2.75) is 19.1 Å². The summed E-state index contributed by atoms with van der Waals surface area (Å²) in [6, 6.07) is 16.5. The Morgan fingerprint density at radius 2 is 1.75 bits per heavy atom. The molecule has 2 N–H and O–H groups in total. The van der Waals surface area contributed by atoms with Gasteiger partial charge in [-0.3, -0.25) is 0 Å². The van der Waals surface area contributed by atoms with Gasteiger partial charge in [-0.1, -0.05) is 42.5 Å². The van der Waals surface area contributed by atoms with Gasteiger partial charge in [0.25, 0.3) is 0 Å². The largest absolute Gasteiger partial charge is 0.480 e.